The van der Waals surface area contributed by atoms with E-state index in [-0.39, 0.29) is 24.1 Å². The highest BCUT2D eigenvalue weighted by Gasteiger charge is 2.47. The summed E-state index contributed by atoms with van der Waals surface area (Å²) in [5.41, 5.74) is 6.81. The molecule has 3 fully saturated rings. The lowest BCUT2D eigenvalue weighted by molar-refractivity contribution is -0.137. The number of imidazole rings is 1. The predicted molar refractivity (Wildman–Crippen MR) is 135 cm³/mol. The molecule has 3 amide bonds. The Balaban J connectivity index is 1.23. The first-order valence-corrected chi connectivity index (χ1v) is 13.1. The molecule has 15 nitrogen and oxygen atoms in total. The Hall–Kier alpha value is -3.56. The molecular formula is C24H34N8O7. The topological polar surface area (TPSA) is 198 Å². The molecule has 0 saturated carbocycles. The number of amides is 3. The highest BCUT2D eigenvalue weighted by molar-refractivity contribution is 5.83. The maximum absolute atomic E-state index is 12.6. The van der Waals surface area contributed by atoms with Crippen LogP contribution in [-0.4, -0.2) is 115 Å². The summed E-state index contributed by atoms with van der Waals surface area (Å²) in [6.45, 7) is 3.53. The van der Waals surface area contributed by atoms with Crippen LogP contribution in [0.4, 0.5) is 10.6 Å². The molecule has 39 heavy (non-hydrogen) atoms. The molecule has 3 unspecified atom stereocenters. The SMILES string of the molecule is CCNC(=O)[C@H]1O[C@@H](n2cnc3c(N)nc(CC4CCN(C(=O)OC5CC(=O)N(C)C5)CC4)nc32)C(O)C1O. The standard InChI is InChI=1S/C24H34N8O7/c1-3-26-22(36)19-17(34)18(35)23(39-19)32-11-27-16-20(25)28-14(29-21(16)32)8-12-4-6-31(7-5-12)24(37)38-13-9-15(33)30(2)10-13/h11-13,17-19,23,34-35H,3-10H2,1-2H3,(H,26,36)(H2,25,28,29)/t13?,17?,18?,19-,23+/m0/s1. The Labute approximate surface area is 224 Å². The molecule has 15 heteroatoms. The van der Waals surface area contributed by atoms with E-state index >= 15 is 0 Å². The minimum Gasteiger partial charge on any atom is -0.444 e. The van der Waals surface area contributed by atoms with Crippen LogP contribution in [0, 0.1) is 5.92 Å². The maximum atomic E-state index is 12.6. The Morgan fingerprint density at radius 2 is 1.97 bits per heavy atom. The van der Waals surface area contributed by atoms with Gasteiger partial charge in [-0.1, -0.05) is 0 Å². The lowest BCUT2D eigenvalue weighted by Crippen LogP contribution is -2.42. The molecule has 2 aromatic rings. The van der Waals surface area contributed by atoms with Gasteiger partial charge in [-0.3, -0.25) is 14.2 Å². The van der Waals surface area contributed by atoms with Crippen LogP contribution in [0.2, 0.25) is 0 Å². The van der Waals surface area contributed by atoms with Gasteiger partial charge in [-0.2, -0.15) is 0 Å². The fourth-order valence-corrected chi connectivity index (χ4v) is 5.34. The zero-order chi connectivity index (χ0) is 27.8. The Morgan fingerprint density at radius 1 is 1.23 bits per heavy atom. The summed E-state index contributed by atoms with van der Waals surface area (Å²) < 4.78 is 12.7. The highest BCUT2D eigenvalue weighted by Crippen LogP contribution is 2.33. The zero-order valence-corrected chi connectivity index (χ0v) is 21.9. The summed E-state index contributed by atoms with van der Waals surface area (Å²) in [6.07, 6.45) is -2.44. The number of aliphatic hydroxyl groups excluding tert-OH is 2. The third kappa shape index (κ3) is 5.33. The minimum absolute atomic E-state index is 0.0314. The molecule has 5 heterocycles. The van der Waals surface area contributed by atoms with Crippen molar-refractivity contribution in [1.29, 1.82) is 0 Å². The number of nitrogens with two attached hydrogens (primary N) is 1. The number of hydrogen-bond acceptors (Lipinski definition) is 11. The number of nitrogen functional groups attached to an aromatic ring is 1. The Kier molecular flexibility index (Phi) is 7.55. The zero-order valence-electron chi connectivity index (χ0n) is 21.9. The number of anilines is 1. The van der Waals surface area contributed by atoms with Crippen molar-refractivity contribution in [2.24, 2.45) is 5.92 Å². The minimum atomic E-state index is -1.43. The summed E-state index contributed by atoms with van der Waals surface area (Å²) in [4.78, 5) is 53.0. The van der Waals surface area contributed by atoms with E-state index in [1.165, 1.54) is 10.9 Å². The number of rotatable bonds is 6. The predicted octanol–water partition coefficient (Wildman–Crippen LogP) is -1.21. The van der Waals surface area contributed by atoms with Gasteiger partial charge in [0.1, 0.15) is 29.7 Å². The molecule has 5 N–H and O–H groups in total. The molecule has 3 aliphatic heterocycles. The van der Waals surface area contributed by atoms with Crippen molar-refractivity contribution in [2.45, 2.75) is 63.3 Å². The van der Waals surface area contributed by atoms with Gasteiger partial charge in [-0.25, -0.2) is 19.7 Å². The van der Waals surface area contributed by atoms with Crippen LogP contribution < -0.4 is 11.1 Å². The number of aliphatic hydroxyl groups is 2. The number of nitrogens with zero attached hydrogens (tertiary/aromatic N) is 6. The fraction of sp³-hybridized carbons (Fsp3) is 0.667. The fourth-order valence-electron chi connectivity index (χ4n) is 5.34. The van der Waals surface area contributed by atoms with Gasteiger partial charge in [0, 0.05) is 33.1 Å². The van der Waals surface area contributed by atoms with Gasteiger partial charge in [0.2, 0.25) is 5.91 Å². The van der Waals surface area contributed by atoms with E-state index in [1.807, 2.05) is 0 Å². The number of likely N-dealkylation sites (tertiary alicyclic amines) is 2. The Morgan fingerprint density at radius 3 is 2.64 bits per heavy atom. The molecular weight excluding hydrogens is 512 g/mol. The van der Waals surface area contributed by atoms with Gasteiger partial charge in [-0.05, 0) is 25.7 Å². The largest absolute Gasteiger partial charge is 0.444 e. The monoisotopic (exact) mass is 546 g/mol. The third-order valence-corrected chi connectivity index (χ3v) is 7.53. The van der Waals surface area contributed by atoms with Crippen LogP contribution in [-0.2, 0) is 25.5 Å². The van der Waals surface area contributed by atoms with Crippen molar-refractivity contribution >= 4 is 34.9 Å². The lowest BCUT2D eigenvalue weighted by atomic mass is 9.93. The van der Waals surface area contributed by atoms with Gasteiger partial charge in [0.05, 0.1) is 19.3 Å². The number of aromatic nitrogens is 4. The smallest absolute Gasteiger partial charge is 0.410 e. The lowest BCUT2D eigenvalue weighted by Gasteiger charge is -2.31. The van der Waals surface area contributed by atoms with Gasteiger partial charge < -0.3 is 40.5 Å². The summed E-state index contributed by atoms with van der Waals surface area (Å²) in [7, 11) is 1.69. The van der Waals surface area contributed by atoms with E-state index in [1.54, 1.807) is 23.8 Å². The van der Waals surface area contributed by atoms with Crippen molar-refractivity contribution in [1.82, 2.24) is 34.6 Å². The van der Waals surface area contributed by atoms with Gasteiger partial charge >= 0.3 is 6.09 Å². The van der Waals surface area contributed by atoms with Crippen molar-refractivity contribution < 1.29 is 34.1 Å². The van der Waals surface area contributed by atoms with Crippen molar-refractivity contribution in [3.05, 3.63) is 12.2 Å². The molecule has 3 saturated heterocycles. The molecule has 0 bridgehead atoms. The van der Waals surface area contributed by atoms with Crippen LogP contribution >= 0.6 is 0 Å². The summed E-state index contributed by atoms with van der Waals surface area (Å²) >= 11 is 0. The van der Waals surface area contributed by atoms with E-state index in [4.69, 9.17) is 15.2 Å². The normalized spacial score (nSPS) is 27.9. The number of likely N-dealkylation sites (N-methyl/N-ethyl adjacent to an activating group) is 2. The number of hydrogen-bond donors (Lipinski definition) is 4. The number of ether oxygens (including phenoxy) is 2. The number of carbonyl (C=O) groups is 3. The summed E-state index contributed by atoms with van der Waals surface area (Å²) in [5, 5.41) is 23.6. The van der Waals surface area contributed by atoms with Gasteiger partial charge in [0.15, 0.2) is 23.8 Å². The average Bonchev–Trinajstić information content (AvgIpc) is 3.55. The third-order valence-electron chi connectivity index (χ3n) is 7.53. The van der Waals surface area contributed by atoms with Crippen LogP contribution in [0.15, 0.2) is 6.33 Å². The first-order chi connectivity index (χ1) is 18.7. The van der Waals surface area contributed by atoms with E-state index < -0.39 is 42.6 Å². The molecule has 0 aliphatic carbocycles. The van der Waals surface area contributed by atoms with E-state index in [0.717, 1.165) is 0 Å². The highest BCUT2D eigenvalue weighted by atomic mass is 16.6. The second kappa shape index (κ2) is 10.9. The van der Waals surface area contributed by atoms with Crippen molar-refractivity contribution in [3.63, 3.8) is 0 Å². The van der Waals surface area contributed by atoms with Crippen LogP contribution in [0.25, 0.3) is 11.2 Å². The van der Waals surface area contributed by atoms with Crippen molar-refractivity contribution in [2.75, 3.05) is 39.0 Å². The number of nitrogens with one attached hydrogen (secondary N) is 1. The van der Waals surface area contributed by atoms with Gasteiger partial charge in [-0.15, -0.1) is 0 Å². The molecule has 212 valence electrons. The molecule has 2 aromatic heterocycles. The number of fused-ring (bicyclic) bond motifs is 1. The molecule has 0 aromatic carbocycles. The first kappa shape index (κ1) is 27.0. The van der Waals surface area contributed by atoms with Crippen LogP contribution in [0.3, 0.4) is 0 Å². The van der Waals surface area contributed by atoms with E-state index in [9.17, 15) is 24.6 Å². The maximum Gasteiger partial charge on any atom is 0.410 e. The summed E-state index contributed by atoms with van der Waals surface area (Å²) in [6, 6.07) is 0. The first-order valence-electron chi connectivity index (χ1n) is 13.1. The second-order valence-corrected chi connectivity index (χ2v) is 10.3. The molecule has 0 radical (unpaired) electrons. The molecule has 5 atom stereocenters. The van der Waals surface area contributed by atoms with Gasteiger partial charge in [0.25, 0.3) is 5.91 Å². The van der Waals surface area contributed by atoms with E-state index in [2.05, 4.69) is 20.3 Å². The second-order valence-electron chi connectivity index (χ2n) is 10.3. The van der Waals surface area contributed by atoms with Crippen LogP contribution in [0.5, 0.6) is 0 Å². The molecule has 0 spiro atoms. The van der Waals surface area contributed by atoms with E-state index in [0.29, 0.717) is 62.4 Å². The number of carbonyl (C=O) groups excluding carboxylic acids is 3. The van der Waals surface area contributed by atoms with Crippen LogP contribution in [0.1, 0.15) is 38.2 Å². The summed E-state index contributed by atoms with van der Waals surface area (Å²) in [5.74, 6) is 0.280. The Bertz CT molecular complexity index is 1250. The molecule has 5 rings (SSSR count). The average molecular weight is 547 g/mol. The molecule has 3 aliphatic rings. The van der Waals surface area contributed by atoms with Crippen molar-refractivity contribution in [3.8, 4) is 0 Å². The quantitative estimate of drug-likeness (QED) is 0.339. The number of piperidine rings is 1.